The van der Waals surface area contributed by atoms with E-state index in [2.05, 4.69) is 15.0 Å². The first kappa shape index (κ1) is 13.5. The number of fused-ring (bicyclic) bond motifs is 1. The van der Waals surface area contributed by atoms with Crippen LogP contribution in [-0.2, 0) is 9.53 Å². The Bertz CT molecular complexity index is 939. The van der Waals surface area contributed by atoms with Crippen LogP contribution in [-0.4, -0.2) is 21.6 Å². The molecule has 0 bridgehead atoms. The molecule has 0 unspecified atom stereocenters. The molecule has 5 nitrogen and oxygen atoms in total. The van der Waals surface area contributed by atoms with Gasteiger partial charge in [0.1, 0.15) is 5.65 Å². The van der Waals surface area contributed by atoms with Crippen LogP contribution in [0.5, 0.6) is 0 Å². The first-order chi connectivity index (χ1) is 11.3. The zero-order valence-corrected chi connectivity index (χ0v) is 12.2. The number of Topliss-reactive ketones (excluding diaryl/α,β-unsaturated/α-hetero) is 1. The van der Waals surface area contributed by atoms with E-state index in [0.29, 0.717) is 11.7 Å². The van der Waals surface area contributed by atoms with Gasteiger partial charge >= 0.3 is 0 Å². The largest absolute Gasteiger partial charge is 0.439 e. The summed E-state index contributed by atoms with van der Waals surface area (Å²) in [6, 6.07) is 13.3. The highest BCUT2D eigenvalue weighted by atomic mass is 16.5. The van der Waals surface area contributed by atoms with Gasteiger partial charge in [-0.15, -0.1) is 0 Å². The van der Waals surface area contributed by atoms with Crippen LogP contribution in [0.25, 0.3) is 17.1 Å². The molecule has 1 aliphatic rings. The third-order valence-corrected chi connectivity index (χ3v) is 3.59. The number of rotatable bonds is 2. The number of aromatic amines is 1. The molecule has 3 aromatic rings. The maximum Gasteiger partial charge on any atom is 0.207 e. The van der Waals surface area contributed by atoms with Crippen LogP contribution >= 0.6 is 0 Å². The molecule has 1 fully saturated rings. The van der Waals surface area contributed by atoms with Gasteiger partial charge < -0.3 is 9.72 Å². The fourth-order valence-corrected chi connectivity index (χ4v) is 2.50. The fourth-order valence-electron chi connectivity index (χ4n) is 2.50. The summed E-state index contributed by atoms with van der Waals surface area (Å²) in [6.07, 6.45) is 5.45. The molecule has 3 heterocycles. The maximum atomic E-state index is 12.1. The van der Waals surface area contributed by atoms with Crippen molar-refractivity contribution in [1.29, 1.82) is 0 Å². The highest BCUT2D eigenvalue weighted by Gasteiger charge is 2.26. The number of benzene rings is 1. The number of pyridine rings is 1. The van der Waals surface area contributed by atoms with Crippen LogP contribution in [0.4, 0.5) is 5.69 Å². The number of nitrogens with one attached hydrogen (secondary N) is 1. The van der Waals surface area contributed by atoms with Crippen molar-refractivity contribution in [3.05, 3.63) is 66.2 Å². The molecule has 1 aliphatic heterocycles. The maximum absolute atomic E-state index is 12.1. The third kappa shape index (κ3) is 2.64. The first-order valence-electron chi connectivity index (χ1n) is 7.27. The van der Waals surface area contributed by atoms with E-state index in [1.54, 1.807) is 12.3 Å². The number of nitrogens with zero attached hydrogens (tertiary/aromatic N) is 2. The minimum atomic E-state index is -0.0714. The summed E-state index contributed by atoms with van der Waals surface area (Å²) in [5, 5.41) is 0.949. The Morgan fingerprint density at radius 3 is 2.91 bits per heavy atom. The van der Waals surface area contributed by atoms with E-state index in [1.807, 2.05) is 48.7 Å². The standard InChI is InChI=1S/C18H13N3O2/c22-15-10-17(21-13-5-2-1-3-6-13)23-16(15)9-12-11-20-18-14(12)7-4-8-19-18/h1-9,11H,10H2,(H,19,20)/b16-9-,21-17?. The number of ether oxygens (including phenoxy) is 1. The van der Waals surface area contributed by atoms with Crippen LogP contribution in [0.2, 0.25) is 0 Å². The molecule has 0 saturated carbocycles. The van der Waals surface area contributed by atoms with Crippen molar-refractivity contribution >= 4 is 34.5 Å². The topological polar surface area (TPSA) is 67.3 Å². The number of carbonyl (C=O) groups excluding carboxylic acids is 1. The molecule has 0 aliphatic carbocycles. The van der Waals surface area contributed by atoms with Crippen molar-refractivity contribution in [1.82, 2.24) is 9.97 Å². The van der Waals surface area contributed by atoms with E-state index in [-0.39, 0.29) is 12.2 Å². The van der Waals surface area contributed by atoms with Gasteiger partial charge in [-0.3, -0.25) is 4.79 Å². The van der Waals surface area contributed by atoms with E-state index in [4.69, 9.17) is 4.74 Å². The summed E-state index contributed by atoms with van der Waals surface area (Å²) in [5.41, 5.74) is 2.42. The molecule has 4 rings (SSSR count). The Balaban J connectivity index is 1.65. The number of H-pyrrole nitrogens is 1. The zero-order valence-electron chi connectivity index (χ0n) is 12.2. The zero-order chi connectivity index (χ0) is 15.6. The summed E-state index contributed by atoms with van der Waals surface area (Å²) < 4.78 is 5.63. The minimum Gasteiger partial charge on any atom is -0.439 e. The fraction of sp³-hybridized carbons (Fsp3) is 0.0556. The van der Waals surface area contributed by atoms with Gasteiger partial charge in [-0.25, -0.2) is 9.98 Å². The minimum absolute atomic E-state index is 0.0714. The highest BCUT2D eigenvalue weighted by Crippen LogP contribution is 2.24. The summed E-state index contributed by atoms with van der Waals surface area (Å²) >= 11 is 0. The smallest absolute Gasteiger partial charge is 0.207 e. The lowest BCUT2D eigenvalue weighted by atomic mass is 10.1. The second-order valence-electron chi connectivity index (χ2n) is 5.20. The van der Waals surface area contributed by atoms with E-state index < -0.39 is 0 Å². The summed E-state index contributed by atoms with van der Waals surface area (Å²) in [7, 11) is 0. The Kier molecular flexibility index (Phi) is 3.24. The van der Waals surface area contributed by atoms with Gasteiger partial charge in [0.15, 0.2) is 5.76 Å². The highest BCUT2D eigenvalue weighted by molar-refractivity contribution is 6.15. The lowest BCUT2D eigenvalue weighted by Crippen LogP contribution is -1.92. The second-order valence-corrected chi connectivity index (χ2v) is 5.20. The van der Waals surface area contributed by atoms with Crippen LogP contribution in [0, 0.1) is 0 Å². The van der Waals surface area contributed by atoms with Gasteiger partial charge in [-0.05, 0) is 30.3 Å². The van der Waals surface area contributed by atoms with Crippen molar-refractivity contribution in [2.75, 3.05) is 0 Å². The number of carbonyl (C=O) groups is 1. The lowest BCUT2D eigenvalue weighted by Gasteiger charge is -1.98. The van der Waals surface area contributed by atoms with Crippen molar-refractivity contribution in [3.8, 4) is 0 Å². The van der Waals surface area contributed by atoms with Gasteiger partial charge in [-0.2, -0.15) is 0 Å². The van der Waals surface area contributed by atoms with Crippen LogP contribution < -0.4 is 0 Å². The Labute approximate surface area is 132 Å². The van der Waals surface area contributed by atoms with Gasteiger partial charge in [0, 0.05) is 23.3 Å². The predicted octanol–water partition coefficient (Wildman–Crippen LogP) is 3.62. The average Bonchev–Trinajstić information content (AvgIpc) is 3.13. The first-order valence-corrected chi connectivity index (χ1v) is 7.27. The molecule has 0 amide bonds. The molecule has 0 spiro atoms. The molecular formula is C18H13N3O2. The monoisotopic (exact) mass is 303 g/mol. The normalized spacial score (nSPS) is 18.0. The molecule has 1 N–H and O–H groups in total. The molecular weight excluding hydrogens is 290 g/mol. The molecule has 112 valence electrons. The number of ketones is 1. The average molecular weight is 303 g/mol. The predicted molar refractivity (Wildman–Crippen MR) is 88.3 cm³/mol. The van der Waals surface area contributed by atoms with Gasteiger partial charge in [0.05, 0.1) is 12.1 Å². The summed E-state index contributed by atoms with van der Waals surface area (Å²) in [6.45, 7) is 0. The number of para-hydroxylation sites is 1. The number of hydrogen-bond donors (Lipinski definition) is 1. The SMILES string of the molecule is O=C1CC(=Nc2ccccc2)O/C1=C\c1c[nH]c2ncccc12. The molecule has 2 aromatic heterocycles. The molecule has 23 heavy (non-hydrogen) atoms. The van der Waals surface area contributed by atoms with Crippen LogP contribution in [0.1, 0.15) is 12.0 Å². The van der Waals surface area contributed by atoms with Crippen LogP contribution in [0.15, 0.2) is 65.6 Å². The second kappa shape index (κ2) is 5.53. The van der Waals surface area contributed by atoms with E-state index in [9.17, 15) is 4.79 Å². The van der Waals surface area contributed by atoms with E-state index in [0.717, 1.165) is 22.3 Å². The lowest BCUT2D eigenvalue weighted by molar-refractivity contribution is -0.114. The Hall–Kier alpha value is -3.21. The molecule has 5 heteroatoms. The van der Waals surface area contributed by atoms with Crippen molar-refractivity contribution < 1.29 is 9.53 Å². The third-order valence-electron chi connectivity index (χ3n) is 3.59. The quantitative estimate of drug-likeness (QED) is 0.735. The Morgan fingerprint density at radius 2 is 2.04 bits per heavy atom. The van der Waals surface area contributed by atoms with Crippen molar-refractivity contribution in [3.63, 3.8) is 0 Å². The van der Waals surface area contributed by atoms with E-state index in [1.165, 1.54) is 0 Å². The summed E-state index contributed by atoms with van der Waals surface area (Å²) in [5.74, 6) is 0.660. The molecule has 1 aromatic carbocycles. The van der Waals surface area contributed by atoms with Gasteiger partial charge in [0.25, 0.3) is 0 Å². The van der Waals surface area contributed by atoms with Gasteiger partial charge in [0.2, 0.25) is 11.7 Å². The number of aliphatic imine (C=N–C) groups is 1. The van der Waals surface area contributed by atoms with Gasteiger partial charge in [-0.1, -0.05) is 18.2 Å². The number of allylic oxidation sites excluding steroid dienone is 1. The molecule has 0 radical (unpaired) electrons. The number of aromatic nitrogens is 2. The van der Waals surface area contributed by atoms with E-state index >= 15 is 0 Å². The van der Waals surface area contributed by atoms with Crippen LogP contribution in [0.3, 0.4) is 0 Å². The number of hydrogen-bond acceptors (Lipinski definition) is 4. The molecule has 0 atom stereocenters. The van der Waals surface area contributed by atoms with Crippen molar-refractivity contribution in [2.45, 2.75) is 6.42 Å². The molecule has 1 saturated heterocycles. The van der Waals surface area contributed by atoms with Crippen molar-refractivity contribution in [2.24, 2.45) is 4.99 Å². The Morgan fingerprint density at radius 1 is 1.17 bits per heavy atom. The summed E-state index contributed by atoms with van der Waals surface area (Å²) in [4.78, 5) is 23.8.